The number of anilines is 1. The lowest BCUT2D eigenvalue weighted by Gasteiger charge is -2.08. The Kier molecular flexibility index (Phi) is 3.49. The number of aryl methyl sites for hydroxylation is 1. The van der Waals surface area contributed by atoms with Crippen LogP contribution in [0.1, 0.15) is 5.56 Å². The van der Waals surface area contributed by atoms with E-state index in [1.165, 1.54) is 18.3 Å². The van der Waals surface area contributed by atoms with Gasteiger partial charge in [-0.05, 0) is 24.6 Å². The van der Waals surface area contributed by atoms with E-state index < -0.39 is 10.0 Å². The fourth-order valence-electron chi connectivity index (χ4n) is 1.42. The topological polar surface area (TPSA) is 72.0 Å². The minimum atomic E-state index is -3.69. The highest BCUT2D eigenvalue weighted by Crippen LogP contribution is 2.17. The third-order valence-electron chi connectivity index (χ3n) is 2.23. The van der Waals surface area contributed by atoms with Crippen LogP contribution in [0.25, 0.3) is 0 Å². The summed E-state index contributed by atoms with van der Waals surface area (Å²) in [5, 5.41) is 0.174. The van der Waals surface area contributed by atoms with E-state index in [2.05, 4.69) is 14.7 Å². The van der Waals surface area contributed by atoms with Gasteiger partial charge in [0.05, 0.1) is 4.90 Å². The molecular weight excluding hydrogens is 274 g/mol. The number of nitrogens with zero attached hydrogens (tertiary/aromatic N) is 2. The van der Waals surface area contributed by atoms with Crippen LogP contribution in [-0.4, -0.2) is 18.4 Å². The first-order chi connectivity index (χ1) is 8.49. The van der Waals surface area contributed by atoms with Gasteiger partial charge in [0, 0.05) is 6.20 Å². The second-order valence-electron chi connectivity index (χ2n) is 3.57. The maximum atomic E-state index is 12.1. The first kappa shape index (κ1) is 12.8. The summed E-state index contributed by atoms with van der Waals surface area (Å²) in [5.41, 5.74) is 0.645. The van der Waals surface area contributed by atoms with Crippen molar-refractivity contribution in [3.05, 3.63) is 47.2 Å². The normalized spacial score (nSPS) is 11.2. The lowest BCUT2D eigenvalue weighted by Crippen LogP contribution is -2.16. The number of rotatable bonds is 3. The van der Waals surface area contributed by atoms with Crippen LogP contribution in [0.15, 0.2) is 41.4 Å². The molecule has 0 spiro atoms. The Hall–Kier alpha value is -1.66. The number of hydrogen-bond acceptors (Lipinski definition) is 4. The van der Waals surface area contributed by atoms with Gasteiger partial charge in [-0.25, -0.2) is 23.1 Å². The lowest BCUT2D eigenvalue weighted by molar-refractivity contribution is 0.600. The number of hydrogen-bond donors (Lipinski definition) is 1. The molecule has 5 nitrogen and oxygen atoms in total. The van der Waals surface area contributed by atoms with Crippen molar-refractivity contribution in [3.63, 3.8) is 0 Å². The smallest absolute Gasteiger partial charge is 0.247 e. The van der Waals surface area contributed by atoms with Crippen molar-refractivity contribution in [1.82, 2.24) is 9.97 Å². The minimum absolute atomic E-state index is 0.0502. The summed E-state index contributed by atoms with van der Waals surface area (Å²) in [6, 6.07) is 8.12. The van der Waals surface area contributed by atoms with Crippen molar-refractivity contribution in [2.24, 2.45) is 0 Å². The van der Waals surface area contributed by atoms with Crippen molar-refractivity contribution in [3.8, 4) is 0 Å². The molecule has 0 atom stereocenters. The second kappa shape index (κ2) is 4.91. The van der Waals surface area contributed by atoms with E-state index >= 15 is 0 Å². The summed E-state index contributed by atoms with van der Waals surface area (Å²) < 4.78 is 26.5. The molecule has 2 rings (SSSR count). The number of halogens is 1. The molecule has 18 heavy (non-hydrogen) atoms. The highest BCUT2D eigenvalue weighted by Gasteiger charge is 2.17. The number of nitrogens with one attached hydrogen (secondary N) is 1. The van der Waals surface area contributed by atoms with Gasteiger partial charge in [-0.1, -0.05) is 29.8 Å². The predicted octanol–water partition coefficient (Wildman–Crippen LogP) is 2.24. The summed E-state index contributed by atoms with van der Waals surface area (Å²) in [6.45, 7) is 1.72. The van der Waals surface area contributed by atoms with Crippen LogP contribution in [0.3, 0.4) is 0 Å². The molecule has 0 aliphatic rings. The average Bonchev–Trinajstić information content (AvgIpc) is 2.28. The van der Waals surface area contributed by atoms with Gasteiger partial charge < -0.3 is 0 Å². The summed E-state index contributed by atoms with van der Waals surface area (Å²) in [4.78, 5) is 7.76. The van der Waals surface area contributed by atoms with E-state index in [-0.39, 0.29) is 16.0 Å². The second-order valence-corrected chi connectivity index (χ2v) is 5.61. The van der Waals surface area contributed by atoms with Crippen LogP contribution in [0.5, 0.6) is 0 Å². The Morgan fingerprint density at radius 2 is 1.94 bits per heavy atom. The van der Waals surface area contributed by atoms with Crippen LogP contribution in [-0.2, 0) is 10.0 Å². The van der Waals surface area contributed by atoms with Gasteiger partial charge in [0.25, 0.3) is 10.0 Å². The van der Waals surface area contributed by atoms with Crippen molar-refractivity contribution in [2.45, 2.75) is 11.8 Å². The molecule has 0 aliphatic heterocycles. The van der Waals surface area contributed by atoms with Gasteiger partial charge in [-0.2, -0.15) is 0 Å². The highest BCUT2D eigenvalue weighted by molar-refractivity contribution is 7.92. The molecule has 7 heteroatoms. The zero-order valence-electron chi connectivity index (χ0n) is 9.46. The van der Waals surface area contributed by atoms with Gasteiger partial charge in [0.15, 0.2) is 0 Å². The van der Waals surface area contributed by atoms with Crippen LogP contribution in [0.4, 0.5) is 5.95 Å². The Morgan fingerprint density at radius 3 is 2.61 bits per heavy atom. The summed E-state index contributed by atoms with van der Waals surface area (Å²) in [7, 11) is -3.69. The third kappa shape index (κ3) is 2.77. The quantitative estimate of drug-likeness (QED) is 0.877. The molecule has 0 radical (unpaired) electrons. The molecule has 0 bridgehead atoms. The van der Waals surface area contributed by atoms with Gasteiger partial charge in [0.1, 0.15) is 5.15 Å². The molecule has 1 aromatic heterocycles. The van der Waals surface area contributed by atoms with Gasteiger partial charge in [-0.3, -0.25) is 0 Å². The molecule has 2 aromatic rings. The summed E-state index contributed by atoms with van der Waals surface area (Å²) in [6.07, 6.45) is 1.38. The molecule has 0 amide bonds. The maximum Gasteiger partial charge on any atom is 0.264 e. The molecule has 0 unspecified atom stereocenters. The first-order valence-electron chi connectivity index (χ1n) is 5.06. The molecule has 94 valence electrons. The SMILES string of the molecule is Cc1ccccc1S(=O)(=O)Nc1nccc(Cl)n1. The largest absolute Gasteiger partial charge is 0.264 e. The van der Waals surface area contributed by atoms with Crippen molar-refractivity contribution >= 4 is 27.6 Å². The first-order valence-corrected chi connectivity index (χ1v) is 6.92. The lowest BCUT2D eigenvalue weighted by atomic mass is 10.2. The van der Waals surface area contributed by atoms with E-state index in [1.807, 2.05) is 0 Å². The Morgan fingerprint density at radius 1 is 1.22 bits per heavy atom. The monoisotopic (exact) mass is 283 g/mol. The molecule has 0 fully saturated rings. The zero-order valence-corrected chi connectivity index (χ0v) is 11.0. The average molecular weight is 284 g/mol. The maximum absolute atomic E-state index is 12.1. The van der Waals surface area contributed by atoms with E-state index in [4.69, 9.17) is 11.6 Å². The van der Waals surface area contributed by atoms with Crippen molar-refractivity contribution < 1.29 is 8.42 Å². The van der Waals surface area contributed by atoms with Crippen LogP contribution in [0.2, 0.25) is 5.15 Å². The minimum Gasteiger partial charge on any atom is -0.247 e. The fourth-order valence-corrected chi connectivity index (χ4v) is 2.75. The van der Waals surface area contributed by atoms with Crippen molar-refractivity contribution in [2.75, 3.05) is 4.72 Å². The number of sulfonamides is 1. The van der Waals surface area contributed by atoms with Crippen LogP contribution < -0.4 is 4.72 Å². The van der Waals surface area contributed by atoms with Crippen LogP contribution in [0, 0.1) is 6.92 Å². The third-order valence-corrected chi connectivity index (χ3v) is 3.93. The predicted molar refractivity (Wildman–Crippen MR) is 69.0 cm³/mol. The highest BCUT2D eigenvalue weighted by atomic mass is 35.5. The van der Waals surface area contributed by atoms with E-state index in [0.29, 0.717) is 5.56 Å². The summed E-state index contributed by atoms with van der Waals surface area (Å²) in [5.74, 6) is -0.0502. The molecule has 1 N–H and O–H groups in total. The standard InChI is InChI=1S/C11H10ClN3O2S/c1-8-4-2-3-5-9(8)18(16,17)15-11-13-7-6-10(12)14-11/h2-7H,1H3,(H,13,14,15). The van der Waals surface area contributed by atoms with E-state index in [1.54, 1.807) is 25.1 Å². The zero-order chi connectivity index (χ0) is 13.2. The van der Waals surface area contributed by atoms with E-state index in [0.717, 1.165) is 0 Å². The molecule has 0 aliphatic carbocycles. The number of benzene rings is 1. The molecule has 0 saturated carbocycles. The fraction of sp³-hybridized carbons (Fsp3) is 0.0909. The Labute approximate surface area is 110 Å². The van der Waals surface area contributed by atoms with Crippen LogP contribution >= 0.6 is 11.6 Å². The molecule has 1 aromatic carbocycles. The number of aromatic nitrogens is 2. The van der Waals surface area contributed by atoms with Crippen molar-refractivity contribution in [1.29, 1.82) is 0 Å². The summed E-state index contributed by atoms with van der Waals surface area (Å²) >= 11 is 5.67. The molecular formula is C11H10ClN3O2S. The Bertz CT molecular complexity index is 673. The van der Waals surface area contributed by atoms with Gasteiger partial charge in [-0.15, -0.1) is 0 Å². The van der Waals surface area contributed by atoms with Gasteiger partial charge >= 0.3 is 0 Å². The van der Waals surface area contributed by atoms with E-state index in [9.17, 15) is 8.42 Å². The Balaban J connectivity index is 2.37. The molecule has 0 saturated heterocycles. The van der Waals surface area contributed by atoms with Gasteiger partial charge in [0.2, 0.25) is 5.95 Å². The molecule has 1 heterocycles.